The number of carbonyl (C=O) groups is 1. The Bertz CT molecular complexity index is 149. The third kappa shape index (κ3) is 11.4. The fraction of sp³-hybridized carbons (Fsp3) is 0.917. The van der Waals surface area contributed by atoms with Crippen LogP contribution in [0.4, 0.5) is 0 Å². The van der Waals surface area contributed by atoms with E-state index in [9.17, 15) is 4.79 Å². The van der Waals surface area contributed by atoms with Gasteiger partial charge in [0.1, 0.15) is 0 Å². The van der Waals surface area contributed by atoms with Gasteiger partial charge in [-0.3, -0.25) is 4.79 Å². The Morgan fingerprint density at radius 1 is 1.00 bits per heavy atom. The highest BCUT2D eigenvalue weighted by Crippen LogP contribution is 2.00. The Morgan fingerprint density at radius 2 is 1.73 bits per heavy atom. The normalized spacial score (nSPS) is 10.3. The number of carbonyl (C=O) groups excluding carboxylic acids is 1. The van der Waals surface area contributed by atoms with Gasteiger partial charge in [0.2, 0.25) is 5.91 Å². The van der Waals surface area contributed by atoms with Crippen molar-refractivity contribution in [3.63, 3.8) is 0 Å². The Morgan fingerprint density at radius 3 is 2.40 bits per heavy atom. The summed E-state index contributed by atoms with van der Waals surface area (Å²) in [6.07, 6.45) is 6.84. The summed E-state index contributed by atoms with van der Waals surface area (Å²) < 4.78 is 0. The summed E-state index contributed by atoms with van der Waals surface area (Å²) in [6.45, 7) is 6.82. The highest BCUT2D eigenvalue weighted by atomic mass is 16.1. The number of nitrogens with one attached hydrogen (secondary N) is 2. The van der Waals surface area contributed by atoms with E-state index in [-0.39, 0.29) is 5.91 Å². The molecule has 0 aromatic rings. The van der Waals surface area contributed by atoms with Crippen LogP contribution in [0.2, 0.25) is 0 Å². The molecule has 0 unspecified atom stereocenters. The van der Waals surface area contributed by atoms with Crippen molar-refractivity contribution < 1.29 is 4.79 Å². The van der Waals surface area contributed by atoms with Crippen LogP contribution in [0, 0.1) is 0 Å². The van der Waals surface area contributed by atoms with Crippen molar-refractivity contribution in [1.29, 1.82) is 0 Å². The first-order valence-electron chi connectivity index (χ1n) is 6.28. The maximum atomic E-state index is 11.3. The van der Waals surface area contributed by atoms with Gasteiger partial charge < -0.3 is 10.6 Å². The second-order valence-electron chi connectivity index (χ2n) is 3.87. The predicted molar refractivity (Wildman–Crippen MR) is 64.9 cm³/mol. The molecule has 0 heterocycles. The number of unbranched alkanes of at least 4 members (excludes halogenated alkanes) is 4. The molecule has 0 spiro atoms. The number of hydrogen-bond donors (Lipinski definition) is 2. The van der Waals surface area contributed by atoms with Crippen LogP contribution >= 0.6 is 0 Å². The average molecular weight is 214 g/mol. The molecular formula is C12H26N2O. The SMILES string of the molecule is CCCCCCCNC(=O)CCNCC. The molecular weight excluding hydrogens is 188 g/mol. The fourth-order valence-corrected chi connectivity index (χ4v) is 1.42. The van der Waals surface area contributed by atoms with Crippen LogP contribution < -0.4 is 10.6 Å². The van der Waals surface area contributed by atoms with E-state index in [0.29, 0.717) is 6.42 Å². The number of hydrogen-bond acceptors (Lipinski definition) is 2. The standard InChI is InChI=1S/C12H26N2O/c1-3-5-6-7-8-10-14-12(15)9-11-13-4-2/h13H,3-11H2,1-2H3,(H,14,15). The van der Waals surface area contributed by atoms with E-state index in [1.165, 1.54) is 25.7 Å². The molecule has 0 aromatic carbocycles. The molecule has 0 radical (unpaired) electrons. The molecule has 0 aromatic heterocycles. The third-order valence-corrected chi connectivity index (χ3v) is 2.38. The minimum Gasteiger partial charge on any atom is -0.356 e. The van der Waals surface area contributed by atoms with Gasteiger partial charge in [-0.2, -0.15) is 0 Å². The molecule has 15 heavy (non-hydrogen) atoms. The lowest BCUT2D eigenvalue weighted by Crippen LogP contribution is -2.28. The first kappa shape index (κ1) is 14.4. The molecule has 0 aliphatic carbocycles. The van der Waals surface area contributed by atoms with Crippen LogP contribution in [0.15, 0.2) is 0 Å². The monoisotopic (exact) mass is 214 g/mol. The van der Waals surface area contributed by atoms with Crippen LogP contribution in [0.3, 0.4) is 0 Å². The molecule has 0 fully saturated rings. The Labute approximate surface area is 94.0 Å². The van der Waals surface area contributed by atoms with E-state index in [4.69, 9.17) is 0 Å². The highest BCUT2D eigenvalue weighted by molar-refractivity contribution is 5.75. The molecule has 0 bridgehead atoms. The molecule has 0 rings (SSSR count). The van der Waals surface area contributed by atoms with E-state index < -0.39 is 0 Å². The quantitative estimate of drug-likeness (QED) is 0.547. The molecule has 0 aliphatic rings. The van der Waals surface area contributed by atoms with E-state index in [1.807, 2.05) is 6.92 Å². The van der Waals surface area contributed by atoms with Gasteiger partial charge in [-0.25, -0.2) is 0 Å². The van der Waals surface area contributed by atoms with Crippen LogP contribution in [-0.2, 0) is 4.79 Å². The summed E-state index contributed by atoms with van der Waals surface area (Å²) >= 11 is 0. The predicted octanol–water partition coefficient (Wildman–Crippen LogP) is 2.07. The first-order chi connectivity index (χ1) is 7.31. The minimum atomic E-state index is 0.173. The zero-order valence-electron chi connectivity index (χ0n) is 10.3. The van der Waals surface area contributed by atoms with E-state index in [0.717, 1.165) is 26.1 Å². The lowest BCUT2D eigenvalue weighted by molar-refractivity contribution is -0.121. The average Bonchev–Trinajstić information content (AvgIpc) is 2.23. The van der Waals surface area contributed by atoms with Crippen molar-refractivity contribution in [1.82, 2.24) is 10.6 Å². The minimum absolute atomic E-state index is 0.173. The number of amides is 1. The van der Waals surface area contributed by atoms with Crippen molar-refractivity contribution in [2.75, 3.05) is 19.6 Å². The van der Waals surface area contributed by atoms with Gasteiger partial charge in [-0.1, -0.05) is 39.5 Å². The maximum absolute atomic E-state index is 11.3. The second-order valence-corrected chi connectivity index (χ2v) is 3.87. The lowest BCUT2D eigenvalue weighted by atomic mass is 10.1. The van der Waals surface area contributed by atoms with Crippen LogP contribution in [0.5, 0.6) is 0 Å². The summed E-state index contributed by atoms with van der Waals surface area (Å²) in [6, 6.07) is 0. The zero-order valence-corrected chi connectivity index (χ0v) is 10.3. The van der Waals surface area contributed by atoms with E-state index in [1.54, 1.807) is 0 Å². The summed E-state index contributed by atoms with van der Waals surface area (Å²) in [5.41, 5.74) is 0. The van der Waals surface area contributed by atoms with E-state index >= 15 is 0 Å². The molecule has 0 saturated carbocycles. The van der Waals surface area contributed by atoms with Crippen LogP contribution in [0.25, 0.3) is 0 Å². The Hall–Kier alpha value is -0.570. The molecule has 0 saturated heterocycles. The van der Waals surface area contributed by atoms with Gasteiger partial charge in [0, 0.05) is 19.5 Å². The topological polar surface area (TPSA) is 41.1 Å². The van der Waals surface area contributed by atoms with Gasteiger partial charge in [0.15, 0.2) is 0 Å². The molecule has 3 nitrogen and oxygen atoms in total. The Kier molecular flexibility index (Phi) is 11.1. The molecule has 90 valence electrons. The number of rotatable bonds is 10. The van der Waals surface area contributed by atoms with Gasteiger partial charge in [0.25, 0.3) is 0 Å². The largest absolute Gasteiger partial charge is 0.356 e. The second kappa shape index (κ2) is 11.5. The third-order valence-electron chi connectivity index (χ3n) is 2.38. The molecule has 0 aliphatic heterocycles. The van der Waals surface area contributed by atoms with Crippen molar-refractivity contribution >= 4 is 5.91 Å². The van der Waals surface area contributed by atoms with Crippen LogP contribution in [0.1, 0.15) is 52.4 Å². The maximum Gasteiger partial charge on any atom is 0.221 e. The smallest absolute Gasteiger partial charge is 0.221 e. The van der Waals surface area contributed by atoms with Crippen molar-refractivity contribution in [2.24, 2.45) is 0 Å². The summed E-state index contributed by atoms with van der Waals surface area (Å²) in [5.74, 6) is 0.173. The molecule has 1 amide bonds. The fourth-order valence-electron chi connectivity index (χ4n) is 1.42. The van der Waals surface area contributed by atoms with Crippen molar-refractivity contribution in [2.45, 2.75) is 52.4 Å². The molecule has 0 atom stereocenters. The summed E-state index contributed by atoms with van der Waals surface area (Å²) in [5, 5.41) is 6.08. The van der Waals surface area contributed by atoms with Gasteiger partial charge in [0.05, 0.1) is 0 Å². The van der Waals surface area contributed by atoms with E-state index in [2.05, 4.69) is 17.6 Å². The zero-order chi connectivity index (χ0) is 11.4. The van der Waals surface area contributed by atoms with Crippen molar-refractivity contribution in [3.8, 4) is 0 Å². The molecule has 3 heteroatoms. The lowest BCUT2D eigenvalue weighted by Gasteiger charge is -2.05. The van der Waals surface area contributed by atoms with Gasteiger partial charge in [-0.05, 0) is 13.0 Å². The first-order valence-corrected chi connectivity index (χ1v) is 6.28. The van der Waals surface area contributed by atoms with Gasteiger partial charge >= 0.3 is 0 Å². The summed E-state index contributed by atoms with van der Waals surface area (Å²) in [7, 11) is 0. The van der Waals surface area contributed by atoms with Gasteiger partial charge in [-0.15, -0.1) is 0 Å². The Balaban J connectivity index is 3.10. The summed E-state index contributed by atoms with van der Waals surface area (Å²) in [4.78, 5) is 11.3. The highest BCUT2D eigenvalue weighted by Gasteiger charge is 1.98. The van der Waals surface area contributed by atoms with Crippen molar-refractivity contribution in [3.05, 3.63) is 0 Å². The molecule has 2 N–H and O–H groups in total. The van der Waals surface area contributed by atoms with Crippen LogP contribution in [-0.4, -0.2) is 25.5 Å².